The smallest absolute Gasteiger partial charge is 0.240 e. The molecule has 0 saturated carbocycles. The third-order valence-corrected chi connectivity index (χ3v) is 3.00. The van der Waals surface area contributed by atoms with E-state index in [1.165, 1.54) is 0 Å². The molecule has 1 aromatic carbocycles. The number of nitrogens with zero attached hydrogens (tertiary/aromatic N) is 2. The lowest BCUT2D eigenvalue weighted by molar-refractivity contribution is -0.121. The van der Waals surface area contributed by atoms with Crippen molar-refractivity contribution in [2.75, 3.05) is 6.54 Å². The van der Waals surface area contributed by atoms with E-state index in [4.69, 9.17) is 0 Å². The number of hydrogen-bond donors (Lipinski definition) is 1. The topological polar surface area (TPSA) is 46.9 Å². The quantitative estimate of drug-likeness (QED) is 0.821. The number of unbranched alkanes of at least 4 members (excludes halogenated alkanes) is 1. The van der Waals surface area contributed by atoms with E-state index in [9.17, 15) is 4.79 Å². The average Bonchev–Trinajstić information content (AvgIpc) is 2.67. The van der Waals surface area contributed by atoms with E-state index < -0.39 is 0 Å². The molecule has 1 amide bonds. The third kappa shape index (κ3) is 2.70. The molecule has 0 radical (unpaired) electrons. The Hall–Kier alpha value is -1.84. The minimum absolute atomic E-state index is 0.0507. The monoisotopic (exact) mass is 245 g/mol. The fourth-order valence-corrected chi connectivity index (χ4v) is 2.00. The fourth-order valence-electron chi connectivity index (χ4n) is 2.00. The van der Waals surface area contributed by atoms with Gasteiger partial charge in [0.25, 0.3) is 0 Å². The van der Waals surface area contributed by atoms with Gasteiger partial charge in [0.1, 0.15) is 12.4 Å². The molecule has 0 bridgehead atoms. The number of aromatic nitrogens is 2. The molecule has 4 nitrogen and oxygen atoms in total. The van der Waals surface area contributed by atoms with Crippen LogP contribution in [0.25, 0.3) is 11.0 Å². The van der Waals surface area contributed by atoms with Crippen LogP contribution >= 0.6 is 0 Å². The van der Waals surface area contributed by atoms with Crippen molar-refractivity contribution in [2.24, 2.45) is 0 Å². The summed E-state index contributed by atoms with van der Waals surface area (Å²) in [7, 11) is 0. The Morgan fingerprint density at radius 2 is 2.17 bits per heavy atom. The van der Waals surface area contributed by atoms with Crippen molar-refractivity contribution in [2.45, 2.75) is 33.2 Å². The summed E-state index contributed by atoms with van der Waals surface area (Å²) in [6.45, 7) is 5.13. The van der Waals surface area contributed by atoms with E-state index in [1.807, 2.05) is 35.8 Å². The van der Waals surface area contributed by atoms with Crippen LogP contribution in [0, 0.1) is 6.92 Å². The Labute approximate surface area is 107 Å². The number of hydrogen-bond acceptors (Lipinski definition) is 2. The number of rotatable bonds is 5. The highest BCUT2D eigenvalue weighted by Crippen LogP contribution is 2.14. The van der Waals surface area contributed by atoms with E-state index in [-0.39, 0.29) is 5.91 Å². The van der Waals surface area contributed by atoms with Gasteiger partial charge in [-0.1, -0.05) is 25.5 Å². The molecule has 0 unspecified atom stereocenters. The lowest BCUT2D eigenvalue weighted by atomic mass is 10.3. The average molecular weight is 245 g/mol. The summed E-state index contributed by atoms with van der Waals surface area (Å²) in [4.78, 5) is 16.3. The predicted molar refractivity (Wildman–Crippen MR) is 72.4 cm³/mol. The summed E-state index contributed by atoms with van der Waals surface area (Å²) < 4.78 is 1.95. The molecule has 1 N–H and O–H groups in total. The first kappa shape index (κ1) is 12.6. The highest BCUT2D eigenvalue weighted by molar-refractivity contribution is 5.81. The molecule has 0 aliphatic rings. The molecule has 0 fully saturated rings. The Morgan fingerprint density at radius 1 is 1.39 bits per heavy atom. The number of nitrogens with one attached hydrogen (secondary N) is 1. The Morgan fingerprint density at radius 3 is 2.94 bits per heavy atom. The second-order valence-electron chi connectivity index (χ2n) is 4.44. The van der Waals surface area contributed by atoms with Crippen LogP contribution in [0.4, 0.5) is 0 Å². The van der Waals surface area contributed by atoms with Gasteiger partial charge in [-0.15, -0.1) is 0 Å². The van der Waals surface area contributed by atoms with E-state index >= 15 is 0 Å². The SMILES string of the molecule is CCCCNC(=O)Cn1c(C)nc2ccccc21. The van der Waals surface area contributed by atoms with Crippen LogP contribution in [0.1, 0.15) is 25.6 Å². The zero-order valence-corrected chi connectivity index (χ0v) is 10.9. The molecule has 1 heterocycles. The first-order chi connectivity index (χ1) is 8.72. The summed E-state index contributed by atoms with van der Waals surface area (Å²) in [6, 6.07) is 7.89. The van der Waals surface area contributed by atoms with Crippen LogP contribution in [0.3, 0.4) is 0 Å². The molecule has 0 aliphatic carbocycles. The Balaban J connectivity index is 2.11. The van der Waals surface area contributed by atoms with Crippen molar-refractivity contribution in [3.8, 4) is 0 Å². The zero-order chi connectivity index (χ0) is 13.0. The lowest BCUT2D eigenvalue weighted by Gasteiger charge is -2.07. The van der Waals surface area contributed by atoms with Gasteiger partial charge in [-0.2, -0.15) is 0 Å². The third-order valence-electron chi connectivity index (χ3n) is 3.00. The van der Waals surface area contributed by atoms with Crippen LogP contribution in [0.15, 0.2) is 24.3 Å². The highest BCUT2D eigenvalue weighted by Gasteiger charge is 2.09. The van der Waals surface area contributed by atoms with Gasteiger partial charge in [-0.3, -0.25) is 4.79 Å². The molecule has 0 spiro atoms. The normalized spacial score (nSPS) is 10.8. The number of para-hydroxylation sites is 2. The zero-order valence-electron chi connectivity index (χ0n) is 10.9. The van der Waals surface area contributed by atoms with E-state index in [1.54, 1.807) is 0 Å². The maximum atomic E-state index is 11.8. The Kier molecular flexibility index (Phi) is 3.97. The van der Waals surface area contributed by atoms with Gasteiger partial charge in [0.15, 0.2) is 0 Å². The van der Waals surface area contributed by atoms with Crippen LogP contribution in [0.2, 0.25) is 0 Å². The van der Waals surface area contributed by atoms with Crippen molar-refractivity contribution in [1.29, 1.82) is 0 Å². The number of carbonyl (C=O) groups is 1. The summed E-state index contributed by atoms with van der Waals surface area (Å²) in [5.74, 6) is 0.927. The van der Waals surface area contributed by atoms with Gasteiger partial charge in [0.2, 0.25) is 5.91 Å². The van der Waals surface area contributed by atoms with Gasteiger partial charge in [0.05, 0.1) is 11.0 Å². The molecule has 2 aromatic rings. The first-order valence-electron chi connectivity index (χ1n) is 6.41. The maximum absolute atomic E-state index is 11.8. The minimum Gasteiger partial charge on any atom is -0.355 e. The van der Waals surface area contributed by atoms with Crippen LogP contribution < -0.4 is 5.32 Å². The van der Waals surface area contributed by atoms with Crippen molar-refractivity contribution in [1.82, 2.24) is 14.9 Å². The maximum Gasteiger partial charge on any atom is 0.240 e. The van der Waals surface area contributed by atoms with Gasteiger partial charge < -0.3 is 9.88 Å². The predicted octanol–water partition coefficient (Wildman–Crippen LogP) is 2.26. The number of carbonyl (C=O) groups excluding carboxylic acids is 1. The summed E-state index contributed by atoms with van der Waals surface area (Å²) in [6.07, 6.45) is 2.11. The molecule has 1 aromatic heterocycles. The largest absolute Gasteiger partial charge is 0.355 e. The van der Waals surface area contributed by atoms with E-state index in [0.717, 1.165) is 36.2 Å². The van der Waals surface area contributed by atoms with Gasteiger partial charge in [0, 0.05) is 6.54 Å². The number of amides is 1. The van der Waals surface area contributed by atoms with Gasteiger partial charge in [-0.25, -0.2) is 4.98 Å². The first-order valence-corrected chi connectivity index (χ1v) is 6.41. The van der Waals surface area contributed by atoms with Crippen molar-refractivity contribution in [3.05, 3.63) is 30.1 Å². The van der Waals surface area contributed by atoms with Gasteiger partial charge >= 0.3 is 0 Å². The van der Waals surface area contributed by atoms with E-state index in [2.05, 4.69) is 17.2 Å². The number of benzene rings is 1. The molecule has 96 valence electrons. The Bertz CT molecular complexity index is 545. The standard InChI is InChI=1S/C14H19N3O/c1-3-4-9-15-14(18)10-17-11(2)16-12-7-5-6-8-13(12)17/h5-8H,3-4,9-10H2,1-2H3,(H,15,18). The van der Waals surface area contributed by atoms with Crippen molar-refractivity contribution >= 4 is 16.9 Å². The summed E-state index contributed by atoms with van der Waals surface area (Å²) in [5, 5.41) is 2.93. The molecule has 0 aliphatic heterocycles. The molecule has 0 atom stereocenters. The van der Waals surface area contributed by atoms with Crippen molar-refractivity contribution in [3.63, 3.8) is 0 Å². The lowest BCUT2D eigenvalue weighted by Crippen LogP contribution is -2.28. The van der Waals surface area contributed by atoms with Crippen LogP contribution in [0.5, 0.6) is 0 Å². The van der Waals surface area contributed by atoms with Gasteiger partial charge in [-0.05, 0) is 25.5 Å². The number of aryl methyl sites for hydroxylation is 1. The van der Waals surface area contributed by atoms with Crippen LogP contribution in [-0.2, 0) is 11.3 Å². The second kappa shape index (κ2) is 5.67. The molecule has 2 rings (SSSR count). The number of fused-ring (bicyclic) bond motifs is 1. The molecular formula is C14H19N3O. The summed E-state index contributed by atoms with van der Waals surface area (Å²) in [5.41, 5.74) is 1.96. The molecule has 4 heteroatoms. The fraction of sp³-hybridized carbons (Fsp3) is 0.429. The molecule has 18 heavy (non-hydrogen) atoms. The number of imidazole rings is 1. The minimum atomic E-state index is 0.0507. The van der Waals surface area contributed by atoms with Crippen molar-refractivity contribution < 1.29 is 4.79 Å². The summed E-state index contributed by atoms with van der Waals surface area (Å²) >= 11 is 0. The molecule has 0 saturated heterocycles. The van der Waals surface area contributed by atoms with E-state index in [0.29, 0.717) is 6.54 Å². The van der Waals surface area contributed by atoms with Crippen LogP contribution in [-0.4, -0.2) is 22.0 Å². The highest BCUT2D eigenvalue weighted by atomic mass is 16.1. The second-order valence-corrected chi connectivity index (χ2v) is 4.44. The molecular weight excluding hydrogens is 226 g/mol.